The molecule has 1 aromatic rings. The predicted molar refractivity (Wildman–Crippen MR) is 58.6 cm³/mol. The Morgan fingerprint density at radius 2 is 2.06 bits per heavy atom. The largest absolute Gasteiger partial charge is 0.478 e. The second kappa shape index (κ2) is 4.81. The molecule has 0 aromatic carbocycles. The predicted octanol–water partition coefficient (Wildman–Crippen LogP) is 2.80. The van der Waals surface area contributed by atoms with Crippen LogP contribution in [0.25, 0.3) is 6.08 Å². The summed E-state index contributed by atoms with van der Waals surface area (Å²) in [6.45, 7) is 0. The number of rotatable bonds is 2. The number of alkyl halides is 3. The number of pyridine rings is 1. The summed E-state index contributed by atoms with van der Waals surface area (Å²) in [6.07, 6.45) is -2.79. The van der Waals surface area contributed by atoms with Crippen molar-refractivity contribution in [2.75, 3.05) is 0 Å². The van der Waals surface area contributed by atoms with Gasteiger partial charge in [0, 0.05) is 9.65 Å². The topological polar surface area (TPSA) is 50.2 Å². The van der Waals surface area contributed by atoms with E-state index in [1.165, 1.54) is 6.07 Å². The molecule has 0 saturated carbocycles. The molecule has 0 fully saturated rings. The number of aromatic nitrogens is 1. The number of hydrogen-bond donors (Lipinski definition) is 1. The molecule has 16 heavy (non-hydrogen) atoms. The van der Waals surface area contributed by atoms with Gasteiger partial charge in [0.15, 0.2) is 0 Å². The van der Waals surface area contributed by atoms with Crippen molar-refractivity contribution in [3.05, 3.63) is 33.2 Å². The molecule has 0 amide bonds. The van der Waals surface area contributed by atoms with E-state index in [0.717, 1.165) is 18.2 Å². The zero-order valence-electron chi connectivity index (χ0n) is 7.62. The third kappa shape index (κ3) is 3.80. The third-order valence-corrected chi connectivity index (χ3v) is 2.12. The Balaban J connectivity index is 3.13. The summed E-state index contributed by atoms with van der Waals surface area (Å²) in [5.41, 5.74) is -1.08. The Labute approximate surface area is 102 Å². The maximum atomic E-state index is 12.3. The summed E-state index contributed by atoms with van der Waals surface area (Å²) < 4.78 is 37.4. The van der Waals surface area contributed by atoms with Gasteiger partial charge in [0.25, 0.3) is 0 Å². The van der Waals surface area contributed by atoms with E-state index in [2.05, 4.69) is 4.98 Å². The van der Waals surface area contributed by atoms with E-state index in [4.69, 9.17) is 5.11 Å². The first-order valence-corrected chi connectivity index (χ1v) is 5.03. The van der Waals surface area contributed by atoms with Crippen LogP contribution >= 0.6 is 22.6 Å². The standard InChI is InChI=1S/C9H5F3INO2/c10-9(11,12)7-4-5(13)3-6(14-7)1-2-8(15)16/h1-4H,(H,15,16)/b2-1+. The molecule has 0 saturated heterocycles. The molecule has 1 heterocycles. The molecule has 0 aliphatic carbocycles. The molecule has 0 aliphatic heterocycles. The van der Waals surface area contributed by atoms with E-state index >= 15 is 0 Å². The molecule has 0 bridgehead atoms. The van der Waals surface area contributed by atoms with Crippen molar-refractivity contribution in [2.24, 2.45) is 0 Å². The molecule has 0 spiro atoms. The van der Waals surface area contributed by atoms with Crippen molar-refractivity contribution < 1.29 is 23.1 Å². The van der Waals surface area contributed by atoms with Crippen LogP contribution in [0.1, 0.15) is 11.4 Å². The Hall–Kier alpha value is -1.12. The molecular weight excluding hydrogens is 338 g/mol. The second-order valence-corrected chi connectivity index (χ2v) is 4.01. The minimum absolute atomic E-state index is 0.0402. The molecule has 3 nitrogen and oxygen atoms in total. The highest BCUT2D eigenvalue weighted by Gasteiger charge is 2.32. The molecule has 1 N–H and O–H groups in total. The van der Waals surface area contributed by atoms with Crippen molar-refractivity contribution in [3.8, 4) is 0 Å². The van der Waals surface area contributed by atoms with Gasteiger partial charge >= 0.3 is 12.1 Å². The average molecular weight is 343 g/mol. The van der Waals surface area contributed by atoms with E-state index in [0.29, 0.717) is 3.57 Å². The fourth-order valence-corrected chi connectivity index (χ4v) is 1.52. The average Bonchev–Trinajstić information content (AvgIpc) is 2.12. The Kier molecular flexibility index (Phi) is 3.89. The first-order valence-electron chi connectivity index (χ1n) is 3.95. The fraction of sp³-hybridized carbons (Fsp3) is 0.111. The molecule has 0 unspecified atom stereocenters. The lowest BCUT2D eigenvalue weighted by Crippen LogP contribution is -2.09. The summed E-state index contributed by atoms with van der Waals surface area (Å²) in [4.78, 5) is 13.5. The molecule has 7 heteroatoms. The number of hydrogen-bond acceptors (Lipinski definition) is 2. The van der Waals surface area contributed by atoms with E-state index in [9.17, 15) is 18.0 Å². The van der Waals surface area contributed by atoms with Crippen LogP contribution in [0.2, 0.25) is 0 Å². The summed E-state index contributed by atoms with van der Waals surface area (Å²) in [5.74, 6) is -1.24. The number of aliphatic carboxylic acids is 1. The Bertz CT molecular complexity index is 443. The third-order valence-electron chi connectivity index (χ3n) is 1.50. The van der Waals surface area contributed by atoms with Gasteiger partial charge in [0.1, 0.15) is 5.69 Å². The molecule has 86 valence electrons. The lowest BCUT2D eigenvalue weighted by molar-refractivity contribution is -0.141. The molecule has 0 radical (unpaired) electrons. The Morgan fingerprint density at radius 3 is 2.56 bits per heavy atom. The second-order valence-electron chi connectivity index (χ2n) is 2.76. The van der Waals surface area contributed by atoms with Gasteiger partial charge in [0.05, 0.1) is 5.69 Å². The van der Waals surface area contributed by atoms with Gasteiger partial charge in [-0.1, -0.05) is 0 Å². The molecule has 1 aromatic heterocycles. The zero-order valence-corrected chi connectivity index (χ0v) is 9.78. The van der Waals surface area contributed by atoms with Crippen molar-refractivity contribution in [3.63, 3.8) is 0 Å². The van der Waals surface area contributed by atoms with Gasteiger partial charge in [-0.15, -0.1) is 0 Å². The minimum atomic E-state index is -4.53. The maximum absolute atomic E-state index is 12.3. The summed E-state index contributed by atoms with van der Waals surface area (Å²) in [5, 5.41) is 8.33. The lowest BCUT2D eigenvalue weighted by Gasteiger charge is -2.06. The number of nitrogens with zero attached hydrogens (tertiary/aromatic N) is 1. The van der Waals surface area contributed by atoms with Crippen LogP contribution in [0.5, 0.6) is 0 Å². The van der Waals surface area contributed by atoms with Gasteiger partial charge in [-0.25, -0.2) is 9.78 Å². The number of halogens is 4. The highest BCUT2D eigenvalue weighted by molar-refractivity contribution is 14.1. The van der Waals surface area contributed by atoms with Crippen LogP contribution in [0.3, 0.4) is 0 Å². The fourth-order valence-electron chi connectivity index (χ4n) is 0.904. The highest BCUT2D eigenvalue weighted by Crippen LogP contribution is 2.29. The molecular formula is C9H5F3INO2. The zero-order chi connectivity index (χ0) is 12.3. The van der Waals surface area contributed by atoms with Crippen LogP contribution in [-0.2, 0) is 11.0 Å². The normalized spacial score (nSPS) is 12.0. The quantitative estimate of drug-likeness (QED) is 0.664. The van der Waals surface area contributed by atoms with Crippen LogP contribution < -0.4 is 0 Å². The first kappa shape index (κ1) is 12.9. The van der Waals surface area contributed by atoms with E-state index in [-0.39, 0.29) is 5.69 Å². The van der Waals surface area contributed by atoms with Crippen molar-refractivity contribution in [1.82, 2.24) is 4.98 Å². The molecule has 0 atom stereocenters. The van der Waals surface area contributed by atoms with Crippen molar-refractivity contribution in [2.45, 2.75) is 6.18 Å². The Morgan fingerprint density at radius 1 is 1.44 bits per heavy atom. The molecule has 1 rings (SSSR count). The summed E-state index contributed by atoms with van der Waals surface area (Å²) in [6, 6.07) is 2.24. The van der Waals surface area contributed by atoms with Crippen molar-refractivity contribution >= 4 is 34.6 Å². The highest BCUT2D eigenvalue weighted by atomic mass is 127. The van der Waals surface area contributed by atoms with Crippen LogP contribution in [-0.4, -0.2) is 16.1 Å². The molecule has 0 aliphatic rings. The minimum Gasteiger partial charge on any atom is -0.478 e. The van der Waals surface area contributed by atoms with Crippen LogP contribution in [0, 0.1) is 3.57 Å². The SMILES string of the molecule is O=C(O)/C=C/c1cc(I)cc(C(F)(F)F)n1. The maximum Gasteiger partial charge on any atom is 0.433 e. The van der Waals surface area contributed by atoms with E-state index < -0.39 is 17.8 Å². The number of carboxylic acid groups (broad SMARTS) is 1. The van der Waals surface area contributed by atoms with Gasteiger partial charge in [0.2, 0.25) is 0 Å². The number of carbonyl (C=O) groups is 1. The smallest absolute Gasteiger partial charge is 0.433 e. The first-order chi connectivity index (χ1) is 7.29. The summed E-state index contributed by atoms with van der Waals surface area (Å²) >= 11 is 1.71. The van der Waals surface area contributed by atoms with E-state index in [1.807, 2.05) is 0 Å². The number of carboxylic acids is 1. The van der Waals surface area contributed by atoms with Gasteiger partial charge in [-0.2, -0.15) is 13.2 Å². The van der Waals surface area contributed by atoms with E-state index in [1.54, 1.807) is 22.6 Å². The summed E-state index contributed by atoms with van der Waals surface area (Å²) in [7, 11) is 0. The monoisotopic (exact) mass is 343 g/mol. The van der Waals surface area contributed by atoms with Gasteiger partial charge in [-0.3, -0.25) is 0 Å². The lowest BCUT2D eigenvalue weighted by atomic mass is 10.3. The van der Waals surface area contributed by atoms with Gasteiger partial charge in [-0.05, 0) is 40.8 Å². The van der Waals surface area contributed by atoms with Crippen LogP contribution in [0.15, 0.2) is 18.2 Å². The van der Waals surface area contributed by atoms with Crippen LogP contribution in [0.4, 0.5) is 13.2 Å². The van der Waals surface area contributed by atoms with Crippen molar-refractivity contribution in [1.29, 1.82) is 0 Å². The van der Waals surface area contributed by atoms with Gasteiger partial charge < -0.3 is 5.11 Å².